The Bertz CT molecular complexity index is 500. The molecule has 21 heavy (non-hydrogen) atoms. The van der Waals surface area contributed by atoms with Crippen molar-refractivity contribution >= 4 is 23.3 Å². The molecule has 0 spiro atoms. The van der Waals surface area contributed by atoms with Crippen LogP contribution in [0.4, 0.5) is 10.5 Å². The summed E-state index contributed by atoms with van der Waals surface area (Å²) in [5, 5.41) is 4.07. The summed E-state index contributed by atoms with van der Waals surface area (Å²) in [4.78, 5) is 15.4. The summed E-state index contributed by atoms with van der Waals surface area (Å²) in [7, 11) is 5.17. The maximum absolute atomic E-state index is 11.9. The van der Waals surface area contributed by atoms with Gasteiger partial charge in [-0.25, -0.2) is 4.79 Å². The number of likely N-dealkylation sites (tertiary alicyclic amines) is 1. The van der Waals surface area contributed by atoms with Crippen LogP contribution in [0, 0.1) is 0 Å². The number of amides is 2. The number of urea groups is 1. The van der Waals surface area contributed by atoms with Gasteiger partial charge < -0.3 is 19.9 Å². The van der Waals surface area contributed by atoms with Crippen LogP contribution in [0.2, 0.25) is 5.02 Å². The minimum Gasteiger partial charge on any atom is -0.495 e. The monoisotopic (exact) mass is 311 g/mol. The number of hydrogen-bond donors (Lipinski definition) is 1. The molecule has 0 radical (unpaired) electrons. The Hall–Kier alpha value is -1.62. The van der Waals surface area contributed by atoms with Crippen LogP contribution in [0.1, 0.15) is 12.8 Å². The maximum Gasteiger partial charge on any atom is 0.319 e. The van der Waals surface area contributed by atoms with E-state index in [2.05, 4.69) is 5.32 Å². The van der Waals surface area contributed by atoms with Crippen molar-refractivity contribution in [1.29, 1.82) is 0 Å². The highest BCUT2D eigenvalue weighted by atomic mass is 35.5. The molecule has 2 rings (SSSR count). The van der Waals surface area contributed by atoms with Crippen molar-refractivity contribution in [2.24, 2.45) is 0 Å². The highest BCUT2D eigenvalue weighted by molar-refractivity contribution is 6.32. The van der Waals surface area contributed by atoms with Crippen molar-refractivity contribution in [3.05, 3.63) is 23.2 Å². The Morgan fingerprint density at radius 1 is 1.38 bits per heavy atom. The summed E-state index contributed by atoms with van der Waals surface area (Å²) in [5.41, 5.74) is 0.984. The van der Waals surface area contributed by atoms with Crippen LogP contribution in [-0.2, 0) is 0 Å². The third-order valence-electron chi connectivity index (χ3n) is 3.67. The summed E-state index contributed by atoms with van der Waals surface area (Å²) < 4.78 is 5.14. The second-order valence-corrected chi connectivity index (χ2v) is 5.84. The lowest BCUT2D eigenvalue weighted by atomic mass is 10.0. The molecule has 1 aliphatic rings. The van der Waals surface area contributed by atoms with E-state index in [1.54, 1.807) is 26.1 Å². The van der Waals surface area contributed by atoms with E-state index in [1.807, 2.05) is 23.1 Å². The van der Waals surface area contributed by atoms with Gasteiger partial charge in [-0.1, -0.05) is 11.6 Å². The zero-order valence-electron chi connectivity index (χ0n) is 12.7. The van der Waals surface area contributed by atoms with E-state index >= 15 is 0 Å². The average molecular weight is 312 g/mol. The van der Waals surface area contributed by atoms with Gasteiger partial charge in [0.15, 0.2) is 0 Å². The lowest BCUT2D eigenvalue weighted by Crippen LogP contribution is -2.46. The van der Waals surface area contributed by atoms with Gasteiger partial charge in [-0.2, -0.15) is 0 Å². The molecule has 0 aromatic heterocycles. The first-order valence-electron chi connectivity index (χ1n) is 7.07. The van der Waals surface area contributed by atoms with Crippen molar-refractivity contribution in [2.75, 3.05) is 39.6 Å². The molecule has 2 amide bonds. The van der Waals surface area contributed by atoms with Gasteiger partial charge in [0.25, 0.3) is 0 Å². The lowest BCUT2D eigenvalue weighted by Gasteiger charge is -2.34. The molecular formula is C15H22ClN3O2. The molecule has 0 saturated carbocycles. The summed E-state index contributed by atoms with van der Waals surface area (Å²) in [6.45, 7) is 1.55. The number of ether oxygens (including phenoxy) is 1. The number of rotatable bonds is 3. The van der Waals surface area contributed by atoms with E-state index in [1.165, 1.54) is 0 Å². The molecule has 0 unspecified atom stereocenters. The molecule has 1 aromatic rings. The normalized spacial score (nSPS) is 15.7. The van der Waals surface area contributed by atoms with Crippen LogP contribution in [0.5, 0.6) is 5.75 Å². The molecule has 1 heterocycles. The first-order chi connectivity index (χ1) is 10.0. The minimum absolute atomic E-state index is 0.0842. The number of nitrogens with one attached hydrogen (secondary N) is 1. The fourth-order valence-corrected chi connectivity index (χ4v) is 2.75. The van der Waals surface area contributed by atoms with E-state index in [4.69, 9.17) is 16.3 Å². The minimum atomic E-state index is 0.0842. The van der Waals surface area contributed by atoms with Gasteiger partial charge >= 0.3 is 6.03 Å². The van der Waals surface area contributed by atoms with Crippen LogP contribution < -0.4 is 10.1 Å². The zero-order valence-corrected chi connectivity index (χ0v) is 13.5. The van der Waals surface area contributed by atoms with Crippen molar-refractivity contribution in [3.8, 4) is 5.75 Å². The first kappa shape index (κ1) is 15.8. The van der Waals surface area contributed by atoms with Crippen molar-refractivity contribution in [3.63, 3.8) is 0 Å². The van der Waals surface area contributed by atoms with Gasteiger partial charge in [0, 0.05) is 38.9 Å². The fraction of sp³-hybridized carbons (Fsp3) is 0.533. The lowest BCUT2D eigenvalue weighted by molar-refractivity contribution is 0.158. The van der Waals surface area contributed by atoms with Gasteiger partial charge in [0.05, 0.1) is 12.1 Å². The highest BCUT2D eigenvalue weighted by Gasteiger charge is 2.23. The molecular weight excluding hydrogens is 290 g/mol. The Morgan fingerprint density at radius 3 is 2.57 bits per heavy atom. The van der Waals surface area contributed by atoms with E-state index in [0.29, 0.717) is 16.8 Å². The second kappa shape index (κ2) is 6.89. The largest absolute Gasteiger partial charge is 0.495 e. The molecule has 5 nitrogen and oxygen atoms in total. The predicted molar refractivity (Wildman–Crippen MR) is 85.3 cm³/mol. The number of halogens is 1. The number of anilines is 1. The Labute approximate surface area is 130 Å². The van der Waals surface area contributed by atoms with Crippen molar-refractivity contribution in [2.45, 2.75) is 18.9 Å². The number of hydrogen-bond acceptors (Lipinski definition) is 3. The zero-order chi connectivity index (χ0) is 15.4. The standard InChI is InChI=1S/C15H22ClN3O2/c1-18(2)15(20)19-8-6-11(7-9-19)17-12-4-5-14(21-3)13(16)10-12/h4-5,10-11,17H,6-9H2,1-3H3. The van der Waals surface area contributed by atoms with Crippen molar-refractivity contribution < 1.29 is 9.53 Å². The van der Waals surface area contributed by atoms with Crippen LogP contribution in [0.3, 0.4) is 0 Å². The van der Waals surface area contributed by atoms with E-state index < -0.39 is 0 Å². The molecule has 1 N–H and O–H groups in total. The molecule has 116 valence electrons. The van der Waals surface area contributed by atoms with Gasteiger partial charge in [0.1, 0.15) is 5.75 Å². The van der Waals surface area contributed by atoms with Gasteiger partial charge in [-0.3, -0.25) is 0 Å². The summed E-state index contributed by atoms with van der Waals surface area (Å²) in [6.07, 6.45) is 1.87. The third-order valence-corrected chi connectivity index (χ3v) is 3.97. The van der Waals surface area contributed by atoms with Gasteiger partial charge in [0.2, 0.25) is 0 Å². The second-order valence-electron chi connectivity index (χ2n) is 5.43. The molecule has 1 aliphatic heterocycles. The number of nitrogens with zero attached hydrogens (tertiary/aromatic N) is 2. The quantitative estimate of drug-likeness (QED) is 0.933. The Balaban J connectivity index is 1.89. The summed E-state index contributed by atoms with van der Waals surface area (Å²) in [6, 6.07) is 6.14. The maximum atomic E-state index is 11.9. The van der Waals surface area contributed by atoms with Crippen LogP contribution >= 0.6 is 11.6 Å². The first-order valence-corrected chi connectivity index (χ1v) is 7.45. The summed E-state index contributed by atoms with van der Waals surface area (Å²) in [5.74, 6) is 0.675. The molecule has 6 heteroatoms. The molecule has 1 saturated heterocycles. The molecule has 1 fully saturated rings. The fourth-order valence-electron chi connectivity index (χ4n) is 2.49. The van der Waals surface area contributed by atoms with Gasteiger partial charge in [-0.15, -0.1) is 0 Å². The average Bonchev–Trinajstić information content (AvgIpc) is 2.47. The van der Waals surface area contributed by atoms with E-state index in [-0.39, 0.29) is 6.03 Å². The number of benzene rings is 1. The smallest absolute Gasteiger partial charge is 0.319 e. The Morgan fingerprint density at radius 2 is 2.05 bits per heavy atom. The predicted octanol–water partition coefficient (Wildman–Crippen LogP) is 2.91. The van der Waals surface area contributed by atoms with Crippen LogP contribution in [-0.4, -0.2) is 56.2 Å². The van der Waals surface area contributed by atoms with Crippen LogP contribution in [0.15, 0.2) is 18.2 Å². The third kappa shape index (κ3) is 3.94. The number of methoxy groups -OCH3 is 1. The van der Waals surface area contributed by atoms with Crippen LogP contribution in [0.25, 0.3) is 0 Å². The summed E-state index contributed by atoms with van der Waals surface area (Å²) >= 11 is 6.12. The highest BCUT2D eigenvalue weighted by Crippen LogP contribution is 2.28. The molecule has 0 atom stereocenters. The number of piperidine rings is 1. The number of carbonyl (C=O) groups excluding carboxylic acids is 1. The SMILES string of the molecule is COc1ccc(NC2CCN(C(=O)N(C)C)CC2)cc1Cl. The topological polar surface area (TPSA) is 44.8 Å². The Kier molecular flexibility index (Phi) is 5.17. The van der Waals surface area contributed by atoms with E-state index in [0.717, 1.165) is 31.6 Å². The molecule has 1 aromatic carbocycles. The molecule has 0 bridgehead atoms. The number of carbonyl (C=O) groups is 1. The van der Waals surface area contributed by atoms with Crippen molar-refractivity contribution in [1.82, 2.24) is 9.80 Å². The van der Waals surface area contributed by atoms with E-state index in [9.17, 15) is 4.79 Å². The van der Waals surface area contributed by atoms with Gasteiger partial charge in [-0.05, 0) is 31.0 Å². The molecule has 0 aliphatic carbocycles.